The maximum Gasteiger partial charge on any atom is 0.331 e. The molecule has 0 fully saturated rings. The second-order valence-corrected chi connectivity index (χ2v) is 5.46. The lowest BCUT2D eigenvalue weighted by Gasteiger charge is -2.16. The first-order chi connectivity index (χ1) is 7.38. The highest BCUT2D eigenvalue weighted by Gasteiger charge is 2.24. The Morgan fingerprint density at radius 1 is 1.38 bits per heavy atom. The van der Waals surface area contributed by atoms with E-state index in [4.69, 9.17) is 4.74 Å². The minimum absolute atomic E-state index is 0.0735. The average Bonchev–Trinajstić information content (AvgIpc) is 2.15. The van der Waals surface area contributed by atoms with E-state index >= 15 is 0 Å². The molecule has 2 rings (SSSR count). The second-order valence-electron chi connectivity index (χ2n) is 3.14. The Labute approximate surface area is 99.1 Å². The van der Waals surface area contributed by atoms with Gasteiger partial charge in [0.1, 0.15) is 11.5 Å². The predicted molar refractivity (Wildman–Crippen MR) is 57.6 cm³/mol. The minimum Gasteiger partial charge on any atom is -0.484 e. The van der Waals surface area contributed by atoms with Crippen LogP contribution in [0.25, 0.3) is 6.08 Å². The van der Waals surface area contributed by atoms with Gasteiger partial charge < -0.3 is 4.74 Å². The van der Waals surface area contributed by atoms with Crippen molar-refractivity contribution in [3.8, 4) is 5.75 Å². The molecule has 0 atom stereocenters. The highest BCUT2D eigenvalue weighted by molar-refractivity contribution is 9.10. The Morgan fingerprint density at radius 3 is 2.69 bits per heavy atom. The van der Waals surface area contributed by atoms with Crippen LogP contribution in [0.1, 0.15) is 5.56 Å². The summed E-state index contributed by atoms with van der Waals surface area (Å²) in [6, 6.07) is 2.63. The molecule has 86 valence electrons. The zero-order valence-electron chi connectivity index (χ0n) is 7.71. The summed E-state index contributed by atoms with van der Waals surface area (Å²) >= 11 is 3.04. The van der Waals surface area contributed by atoms with Crippen LogP contribution in [0.4, 0.5) is 8.28 Å². The lowest BCUT2D eigenvalue weighted by molar-refractivity contribution is 0.331. The summed E-state index contributed by atoms with van der Waals surface area (Å²) in [4.78, 5) is -0.516. The lowest BCUT2D eigenvalue weighted by atomic mass is 10.1. The number of hydrogen-bond acceptors (Lipinski definition) is 3. The summed E-state index contributed by atoms with van der Waals surface area (Å²) in [7, 11) is -4.80. The van der Waals surface area contributed by atoms with E-state index in [0.29, 0.717) is 4.47 Å². The fourth-order valence-electron chi connectivity index (χ4n) is 1.34. The summed E-state index contributed by atoms with van der Waals surface area (Å²) in [6.45, 7) is -0.496. The largest absolute Gasteiger partial charge is 0.484 e. The number of benzene rings is 1. The molecule has 3 nitrogen and oxygen atoms in total. The van der Waals surface area contributed by atoms with Gasteiger partial charge in [-0.1, -0.05) is 15.9 Å². The highest BCUT2D eigenvalue weighted by atomic mass is 79.9. The predicted octanol–water partition coefficient (Wildman–Crippen LogP) is 2.62. The molecule has 0 unspecified atom stereocenters. The van der Waals surface area contributed by atoms with Gasteiger partial charge in [-0.05, 0) is 18.2 Å². The van der Waals surface area contributed by atoms with Crippen LogP contribution in [0.15, 0.2) is 21.5 Å². The van der Waals surface area contributed by atoms with Gasteiger partial charge in [0, 0.05) is 10.0 Å². The Balaban J connectivity index is 2.60. The average molecular weight is 311 g/mol. The van der Waals surface area contributed by atoms with Crippen molar-refractivity contribution >= 4 is 32.2 Å². The van der Waals surface area contributed by atoms with Gasteiger partial charge in [0.25, 0.3) is 0 Å². The Hall–Kier alpha value is -0.950. The smallest absolute Gasteiger partial charge is 0.331 e. The molecule has 1 aromatic rings. The van der Waals surface area contributed by atoms with Crippen molar-refractivity contribution in [3.05, 3.63) is 32.9 Å². The van der Waals surface area contributed by atoms with Gasteiger partial charge in [0.05, 0.1) is 0 Å². The summed E-state index contributed by atoms with van der Waals surface area (Å²) in [5, 5.41) is 0. The zero-order valence-corrected chi connectivity index (χ0v) is 10.1. The quantitative estimate of drug-likeness (QED) is 0.749. The first-order valence-electron chi connectivity index (χ1n) is 4.15. The molecule has 1 heterocycles. The molecule has 0 radical (unpaired) electrons. The van der Waals surface area contributed by atoms with E-state index in [1.807, 2.05) is 0 Å². The number of hydrogen-bond donors (Lipinski definition) is 0. The molecule has 0 aliphatic carbocycles. The summed E-state index contributed by atoms with van der Waals surface area (Å²) in [5.41, 5.74) is 0.189. The van der Waals surface area contributed by atoms with Crippen LogP contribution >= 0.6 is 15.9 Å². The molecule has 0 saturated heterocycles. The van der Waals surface area contributed by atoms with Crippen molar-refractivity contribution < 1.29 is 21.4 Å². The number of ether oxygens (including phenoxy) is 1. The van der Waals surface area contributed by atoms with Crippen molar-refractivity contribution in [2.24, 2.45) is 0 Å². The van der Waals surface area contributed by atoms with Crippen LogP contribution in [-0.2, 0) is 10.2 Å². The van der Waals surface area contributed by atoms with Crippen LogP contribution in [-0.4, -0.2) is 15.0 Å². The Morgan fingerprint density at radius 2 is 2.06 bits per heavy atom. The molecule has 0 aromatic heterocycles. The van der Waals surface area contributed by atoms with E-state index in [0.717, 1.165) is 6.08 Å². The number of halogens is 3. The maximum atomic E-state index is 13.3. The molecule has 16 heavy (non-hydrogen) atoms. The van der Waals surface area contributed by atoms with Crippen LogP contribution in [0.2, 0.25) is 0 Å². The van der Waals surface area contributed by atoms with Gasteiger partial charge in [-0.2, -0.15) is 8.42 Å². The molecule has 1 aliphatic rings. The lowest BCUT2D eigenvalue weighted by Crippen LogP contribution is -2.13. The van der Waals surface area contributed by atoms with Crippen molar-refractivity contribution in [3.63, 3.8) is 0 Å². The van der Waals surface area contributed by atoms with Gasteiger partial charge in [-0.15, -0.1) is 3.89 Å². The van der Waals surface area contributed by atoms with Gasteiger partial charge in [-0.3, -0.25) is 0 Å². The third-order valence-electron chi connectivity index (χ3n) is 2.03. The van der Waals surface area contributed by atoms with E-state index in [1.165, 1.54) is 12.1 Å². The van der Waals surface area contributed by atoms with Crippen LogP contribution in [0, 0.1) is 5.82 Å². The van der Waals surface area contributed by atoms with Crippen molar-refractivity contribution in [1.82, 2.24) is 0 Å². The Bertz CT molecular complexity index is 581. The molecule has 0 amide bonds. The topological polar surface area (TPSA) is 43.4 Å². The van der Waals surface area contributed by atoms with Crippen molar-refractivity contribution in [2.75, 3.05) is 6.61 Å². The van der Waals surface area contributed by atoms with Crippen LogP contribution in [0.5, 0.6) is 5.75 Å². The molecular formula is C9H5BrF2O3S. The number of fused-ring (bicyclic) bond motifs is 1. The van der Waals surface area contributed by atoms with E-state index in [9.17, 15) is 16.7 Å². The van der Waals surface area contributed by atoms with E-state index in [1.54, 1.807) is 0 Å². The maximum absolute atomic E-state index is 13.3. The molecule has 7 heteroatoms. The van der Waals surface area contributed by atoms with Gasteiger partial charge >= 0.3 is 10.2 Å². The fraction of sp³-hybridized carbons (Fsp3) is 0.111. The van der Waals surface area contributed by atoms with Crippen LogP contribution in [0.3, 0.4) is 0 Å². The molecular weight excluding hydrogens is 306 g/mol. The summed E-state index contributed by atoms with van der Waals surface area (Å²) in [5.74, 6) is -0.702. The number of rotatable bonds is 1. The first kappa shape index (κ1) is 11.5. The molecule has 0 bridgehead atoms. The SMILES string of the molecule is O=S(=O)(F)C1=Cc2cc(Br)cc(F)c2OC1. The van der Waals surface area contributed by atoms with Gasteiger partial charge in [-0.25, -0.2) is 4.39 Å². The fourth-order valence-corrected chi connectivity index (χ4v) is 2.25. The van der Waals surface area contributed by atoms with Gasteiger partial charge in [0.15, 0.2) is 11.6 Å². The van der Waals surface area contributed by atoms with E-state index < -0.39 is 27.6 Å². The van der Waals surface area contributed by atoms with E-state index in [2.05, 4.69) is 15.9 Å². The van der Waals surface area contributed by atoms with Gasteiger partial charge in [0.2, 0.25) is 0 Å². The standard InChI is InChI=1S/C9H5BrF2O3S/c10-6-1-5-2-7(16(12,13)14)4-15-9(5)8(11)3-6/h1-3H,4H2. The highest BCUT2D eigenvalue weighted by Crippen LogP contribution is 2.33. The zero-order chi connectivity index (χ0) is 11.9. The molecule has 1 aliphatic heterocycles. The third-order valence-corrected chi connectivity index (χ3v) is 3.35. The molecule has 0 spiro atoms. The summed E-state index contributed by atoms with van der Waals surface area (Å²) in [6.07, 6.45) is 1.06. The molecule has 0 saturated carbocycles. The van der Waals surface area contributed by atoms with Crippen molar-refractivity contribution in [1.29, 1.82) is 0 Å². The minimum atomic E-state index is -4.80. The van der Waals surface area contributed by atoms with E-state index in [-0.39, 0.29) is 11.3 Å². The Kier molecular flexibility index (Phi) is 2.75. The van der Waals surface area contributed by atoms with Crippen LogP contribution < -0.4 is 4.74 Å². The molecule has 0 N–H and O–H groups in total. The first-order valence-corrected chi connectivity index (χ1v) is 6.32. The summed E-state index contributed by atoms with van der Waals surface area (Å²) < 4.78 is 52.6. The monoisotopic (exact) mass is 310 g/mol. The molecule has 1 aromatic carbocycles. The second kappa shape index (κ2) is 3.81. The third kappa shape index (κ3) is 2.10. The van der Waals surface area contributed by atoms with Crippen molar-refractivity contribution in [2.45, 2.75) is 0 Å². The normalized spacial score (nSPS) is 15.1.